The second-order valence-electron chi connectivity index (χ2n) is 2.87. The maximum Gasteiger partial charge on any atom is 0.425 e. The Bertz CT molecular complexity index is 324. The van der Waals surface area contributed by atoms with Crippen LogP contribution in [0.3, 0.4) is 0 Å². The first-order valence-corrected chi connectivity index (χ1v) is 5.28. The fourth-order valence-electron chi connectivity index (χ4n) is 1.35. The third-order valence-electron chi connectivity index (χ3n) is 2.00. The van der Waals surface area contributed by atoms with Gasteiger partial charge in [0.1, 0.15) is 6.10 Å². The van der Waals surface area contributed by atoms with Gasteiger partial charge in [0.2, 0.25) is 0 Å². The number of nitrogens with zero attached hydrogens (tertiary/aromatic N) is 1. The third kappa shape index (κ3) is 3.15. The van der Waals surface area contributed by atoms with E-state index in [1.54, 1.807) is 12.2 Å². The summed E-state index contributed by atoms with van der Waals surface area (Å²) in [6, 6.07) is 0. The summed E-state index contributed by atoms with van der Waals surface area (Å²) in [4.78, 5) is 11.3. The van der Waals surface area contributed by atoms with Crippen LogP contribution in [0.5, 0.6) is 0 Å². The van der Waals surface area contributed by atoms with E-state index in [1.165, 1.54) is 11.4 Å². The van der Waals surface area contributed by atoms with Gasteiger partial charge >= 0.3 is 6.09 Å². The van der Waals surface area contributed by atoms with Gasteiger partial charge in [0.15, 0.2) is 0 Å². The molecule has 5 heteroatoms. The van der Waals surface area contributed by atoms with E-state index in [0.717, 1.165) is 11.3 Å². The molecule has 1 aliphatic heterocycles. The smallest absolute Gasteiger partial charge is 0.425 e. The van der Waals surface area contributed by atoms with Crippen molar-refractivity contribution in [2.45, 2.75) is 20.0 Å². The maximum atomic E-state index is 11.3. The molecule has 0 aliphatic carbocycles. The first-order chi connectivity index (χ1) is 7.61. The maximum absolute atomic E-state index is 11.3. The average molecular weight is 242 g/mol. The van der Waals surface area contributed by atoms with Gasteiger partial charge in [-0.3, -0.25) is 0 Å². The predicted octanol–water partition coefficient (Wildman–Crippen LogP) is 2.26. The molecule has 0 aromatic rings. The molecule has 16 heavy (non-hydrogen) atoms. The number of rotatable bonds is 1. The molecule has 0 bridgehead atoms. The van der Waals surface area contributed by atoms with Crippen LogP contribution in [0.4, 0.5) is 4.79 Å². The van der Waals surface area contributed by atoms with E-state index in [0.29, 0.717) is 0 Å². The lowest BCUT2D eigenvalue weighted by Crippen LogP contribution is -2.35. The Hall–Kier alpha value is -1.20. The highest BCUT2D eigenvalue weighted by molar-refractivity contribution is 7.78. The standard InChI is InChI=1S/C10H13NO2S.CH5N/c1-4-6-9-8(5-2)7(3)13-10(12)11(9)14;1-2/h4-7,14H,1H2,2-3H3;2H2,1H3/b8-5-,9-6+;. The summed E-state index contributed by atoms with van der Waals surface area (Å²) in [5.74, 6) is 0. The topological polar surface area (TPSA) is 55.6 Å². The monoisotopic (exact) mass is 242 g/mol. The van der Waals surface area contributed by atoms with Crippen LogP contribution in [0, 0.1) is 0 Å². The van der Waals surface area contributed by atoms with E-state index in [4.69, 9.17) is 4.74 Å². The normalized spacial score (nSPS) is 24.9. The Morgan fingerprint density at radius 3 is 2.56 bits per heavy atom. The van der Waals surface area contributed by atoms with Crippen molar-refractivity contribution < 1.29 is 9.53 Å². The van der Waals surface area contributed by atoms with Crippen LogP contribution in [0.1, 0.15) is 13.8 Å². The summed E-state index contributed by atoms with van der Waals surface area (Å²) in [6.07, 6.45) is 4.56. The van der Waals surface area contributed by atoms with Gasteiger partial charge < -0.3 is 10.5 Å². The molecule has 1 saturated heterocycles. The highest BCUT2D eigenvalue weighted by Crippen LogP contribution is 2.28. The highest BCUT2D eigenvalue weighted by Gasteiger charge is 2.30. The van der Waals surface area contributed by atoms with Crippen LogP contribution >= 0.6 is 12.8 Å². The number of allylic oxidation sites excluding steroid dienone is 3. The number of hydrogen-bond donors (Lipinski definition) is 2. The minimum Gasteiger partial charge on any atom is -0.441 e. The number of thiol groups is 1. The molecular weight excluding hydrogens is 224 g/mol. The zero-order valence-corrected chi connectivity index (χ0v) is 10.7. The van der Waals surface area contributed by atoms with Crippen molar-refractivity contribution in [2.75, 3.05) is 7.05 Å². The summed E-state index contributed by atoms with van der Waals surface area (Å²) in [7, 11) is 1.50. The molecule has 0 saturated carbocycles. The molecule has 0 radical (unpaired) electrons. The van der Waals surface area contributed by atoms with E-state index < -0.39 is 6.09 Å². The second-order valence-corrected chi connectivity index (χ2v) is 3.27. The molecule has 90 valence electrons. The van der Waals surface area contributed by atoms with Crippen LogP contribution in [-0.2, 0) is 4.74 Å². The number of hydrogen-bond acceptors (Lipinski definition) is 4. The molecule has 4 nitrogen and oxygen atoms in total. The van der Waals surface area contributed by atoms with Crippen molar-refractivity contribution in [1.82, 2.24) is 4.31 Å². The van der Waals surface area contributed by atoms with Gasteiger partial charge in [-0.1, -0.05) is 31.5 Å². The van der Waals surface area contributed by atoms with Crippen molar-refractivity contribution in [1.29, 1.82) is 0 Å². The fraction of sp³-hybridized carbons (Fsp3) is 0.364. The molecule has 1 unspecified atom stereocenters. The van der Waals surface area contributed by atoms with Crippen molar-refractivity contribution in [3.05, 3.63) is 36.1 Å². The molecule has 1 amide bonds. The van der Waals surface area contributed by atoms with Crippen molar-refractivity contribution in [3.8, 4) is 0 Å². The van der Waals surface area contributed by atoms with Gasteiger partial charge in [-0.2, -0.15) is 0 Å². The van der Waals surface area contributed by atoms with Gasteiger partial charge in [0.05, 0.1) is 5.70 Å². The van der Waals surface area contributed by atoms with E-state index in [1.807, 2.05) is 19.9 Å². The Morgan fingerprint density at radius 1 is 1.56 bits per heavy atom. The minimum absolute atomic E-state index is 0.234. The quantitative estimate of drug-likeness (QED) is 0.693. The van der Waals surface area contributed by atoms with Crippen LogP contribution < -0.4 is 5.73 Å². The SMILES string of the molecule is C=C/C=C1\C(=C/C)C(C)OC(=O)N1S.CN. The molecule has 2 N–H and O–H groups in total. The molecule has 0 aromatic heterocycles. The number of amides is 1. The first kappa shape index (κ1) is 14.8. The number of carbonyl (C=O) groups is 1. The summed E-state index contributed by atoms with van der Waals surface area (Å²) in [5, 5.41) is 0. The van der Waals surface area contributed by atoms with Crippen LogP contribution in [0.15, 0.2) is 36.1 Å². The third-order valence-corrected chi connectivity index (χ3v) is 2.38. The van der Waals surface area contributed by atoms with E-state index in [-0.39, 0.29) is 6.10 Å². The highest BCUT2D eigenvalue weighted by atomic mass is 32.1. The lowest BCUT2D eigenvalue weighted by molar-refractivity contribution is 0.0984. The van der Waals surface area contributed by atoms with Crippen molar-refractivity contribution >= 4 is 18.9 Å². The molecular formula is C11H18N2O2S. The summed E-state index contributed by atoms with van der Waals surface area (Å²) in [5.41, 5.74) is 6.15. The summed E-state index contributed by atoms with van der Waals surface area (Å²) in [6.45, 7) is 7.31. The average Bonchev–Trinajstić information content (AvgIpc) is 2.29. The van der Waals surface area contributed by atoms with Crippen molar-refractivity contribution in [2.24, 2.45) is 5.73 Å². The lowest BCUT2D eigenvalue weighted by Gasteiger charge is -2.30. The van der Waals surface area contributed by atoms with E-state index in [2.05, 4.69) is 25.1 Å². The Morgan fingerprint density at radius 2 is 2.12 bits per heavy atom. The Labute approximate surface area is 102 Å². The molecule has 1 rings (SSSR count). The number of nitrogens with two attached hydrogens (primary N) is 1. The predicted molar refractivity (Wildman–Crippen MR) is 68.9 cm³/mol. The van der Waals surface area contributed by atoms with Gasteiger partial charge in [-0.15, -0.1) is 0 Å². The summed E-state index contributed by atoms with van der Waals surface area (Å²) < 4.78 is 6.22. The number of ether oxygens (including phenoxy) is 1. The number of carbonyl (C=O) groups excluding carboxylic acids is 1. The first-order valence-electron chi connectivity index (χ1n) is 4.88. The minimum atomic E-state index is -0.459. The Kier molecular flexibility index (Phi) is 6.60. The van der Waals surface area contributed by atoms with Crippen LogP contribution in [-0.4, -0.2) is 23.6 Å². The lowest BCUT2D eigenvalue weighted by atomic mass is 10.1. The van der Waals surface area contributed by atoms with Gasteiger partial charge in [0.25, 0.3) is 0 Å². The zero-order valence-electron chi connectivity index (χ0n) is 9.80. The molecule has 1 heterocycles. The molecule has 1 atom stereocenters. The van der Waals surface area contributed by atoms with Crippen LogP contribution in [0.2, 0.25) is 0 Å². The van der Waals surface area contributed by atoms with Crippen LogP contribution in [0.25, 0.3) is 0 Å². The second kappa shape index (κ2) is 7.14. The molecule has 1 fully saturated rings. The molecule has 0 spiro atoms. The summed E-state index contributed by atoms with van der Waals surface area (Å²) >= 11 is 4.04. The molecule has 1 aliphatic rings. The molecule has 0 aromatic carbocycles. The van der Waals surface area contributed by atoms with Gasteiger partial charge in [-0.25, -0.2) is 9.10 Å². The number of cyclic esters (lactones) is 1. The van der Waals surface area contributed by atoms with Gasteiger partial charge in [0, 0.05) is 5.57 Å². The largest absolute Gasteiger partial charge is 0.441 e. The van der Waals surface area contributed by atoms with E-state index in [9.17, 15) is 4.79 Å². The fourth-order valence-corrected chi connectivity index (χ4v) is 1.58. The zero-order chi connectivity index (χ0) is 12.7. The Balaban J connectivity index is 0.00000106. The van der Waals surface area contributed by atoms with E-state index >= 15 is 0 Å². The van der Waals surface area contributed by atoms with Crippen molar-refractivity contribution in [3.63, 3.8) is 0 Å². The van der Waals surface area contributed by atoms with Gasteiger partial charge in [-0.05, 0) is 27.0 Å².